The highest BCUT2D eigenvalue weighted by Crippen LogP contribution is 2.17. The molecular weight excluding hydrogens is 226 g/mol. The molecule has 0 aliphatic rings. The smallest absolute Gasteiger partial charge is 0.248 e. The fourth-order valence-corrected chi connectivity index (χ4v) is 1.69. The molecule has 18 heavy (non-hydrogen) atoms. The fourth-order valence-electron chi connectivity index (χ4n) is 1.69. The van der Waals surface area contributed by atoms with Gasteiger partial charge in [0.15, 0.2) is 0 Å². The Morgan fingerprint density at radius 2 is 1.94 bits per heavy atom. The van der Waals surface area contributed by atoms with Crippen LogP contribution in [0, 0.1) is 0 Å². The standard InChI is InChI=1S/C14H15N3O/c1-17(12-8-5-9-16-10-12)14(18)13(15)11-6-3-2-4-7-11/h2-10,13H,15H2,1H3. The molecule has 0 aliphatic heterocycles. The molecule has 92 valence electrons. The number of carbonyl (C=O) groups is 1. The van der Waals surface area contributed by atoms with E-state index in [4.69, 9.17) is 5.73 Å². The third-order valence-corrected chi connectivity index (χ3v) is 2.79. The van der Waals surface area contributed by atoms with E-state index in [1.807, 2.05) is 36.4 Å². The first-order chi connectivity index (χ1) is 8.70. The number of hydrogen-bond acceptors (Lipinski definition) is 3. The van der Waals surface area contributed by atoms with Crippen LogP contribution in [0.4, 0.5) is 5.69 Å². The number of anilines is 1. The third-order valence-electron chi connectivity index (χ3n) is 2.79. The molecule has 0 saturated heterocycles. The van der Waals surface area contributed by atoms with Gasteiger partial charge in [0.25, 0.3) is 0 Å². The molecule has 1 atom stereocenters. The molecule has 0 fully saturated rings. The second-order valence-corrected chi connectivity index (χ2v) is 4.00. The summed E-state index contributed by atoms with van der Waals surface area (Å²) in [5.74, 6) is -0.158. The summed E-state index contributed by atoms with van der Waals surface area (Å²) in [6.07, 6.45) is 3.30. The summed E-state index contributed by atoms with van der Waals surface area (Å²) in [5, 5.41) is 0. The molecule has 2 N–H and O–H groups in total. The molecule has 4 nitrogen and oxygen atoms in total. The average Bonchev–Trinajstić information content (AvgIpc) is 2.47. The van der Waals surface area contributed by atoms with Crippen molar-refractivity contribution in [3.63, 3.8) is 0 Å². The second kappa shape index (κ2) is 5.42. The van der Waals surface area contributed by atoms with Crippen LogP contribution in [0.2, 0.25) is 0 Å². The highest BCUT2D eigenvalue weighted by atomic mass is 16.2. The van der Waals surface area contributed by atoms with E-state index in [1.165, 1.54) is 4.90 Å². The molecule has 2 aromatic rings. The molecule has 0 aliphatic carbocycles. The van der Waals surface area contributed by atoms with Gasteiger partial charge in [-0.3, -0.25) is 9.78 Å². The molecule has 2 rings (SSSR count). The predicted octanol–water partition coefficient (Wildman–Crippen LogP) is 1.74. The number of rotatable bonds is 3. The first-order valence-electron chi connectivity index (χ1n) is 5.68. The highest BCUT2D eigenvalue weighted by Gasteiger charge is 2.20. The van der Waals surface area contributed by atoms with Crippen LogP contribution in [0.25, 0.3) is 0 Å². The van der Waals surface area contributed by atoms with Crippen LogP contribution < -0.4 is 10.6 Å². The van der Waals surface area contributed by atoms with Crippen molar-refractivity contribution in [2.45, 2.75) is 6.04 Å². The highest BCUT2D eigenvalue weighted by molar-refractivity contribution is 5.97. The minimum Gasteiger partial charge on any atom is -0.316 e. The molecule has 1 aromatic heterocycles. The number of hydrogen-bond donors (Lipinski definition) is 1. The maximum Gasteiger partial charge on any atom is 0.248 e. The van der Waals surface area contributed by atoms with E-state index in [-0.39, 0.29) is 5.91 Å². The Balaban J connectivity index is 2.17. The minimum absolute atomic E-state index is 0.158. The topological polar surface area (TPSA) is 59.2 Å². The number of nitrogens with zero attached hydrogens (tertiary/aromatic N) is 2. The largest absolute Gasteiger partial charge is 0.316 e. The van der Waals surface area contributed by atoms with Gasteiger partial charge in [0.1, 0.15) is 6.04 Å². The maximum atomic E-state index is 12.2. The Kier molecular flexibility index (Phi) is 3.69. The lowest BCUT2D eigenvalue weighted by molar-refractivity contribution is -0.119. The van der Waals surface area contributed by atoms with Crippen molar-refractivity contribution in [3.05, 3.63) is 60.4 Å². The quantitative estimate of drug-likeness (QED) is 0.890. The normalized spacial score (nSPS) is 11.9. The molecular formula is C14H15N3O. The van der Waals surface area contributed by atoms with Crippen LogP contribution in [-0.4, -0.2) is 17.9 Å². The fraction of sp³-hybridized carbons (Fsp3) is 0.143. The predicted molar refractivity (Wildman–Crippen MR) is 71.0 cm³/mol. The van der Waals surface area contributed by atoms with Gasteiger partial charge < -0.3 is 10.6 Å². The van der Waals surface area contributed by atoms with Crippen LogP contribution in [0.3, 0.4) is 0 Å². The van der Waals surface area contributed by atoms with Gasteiger partial charge >= 0.3 is 0 Å². The first kappa shape index (κ1) is 12.3. The van der Waals surface area contributed by atoms with Gasteiger partial charge in [0.2, 0.25) is 5.91 Å². The van der Waals surface area contributed by atoms with Crippen molar-refractivity contribution in [2.75, 3.05) is 11.9 Å². The van der Waals surface area contributed by atoms with Gasteiger partial charge in [-0.05, 0) is 17.7 Å². The van der Waals surface area contributed by atoms with Gasteiger partial charge in [0, 0.05) is 13.2 Å². The zero-order valence-corrected chi connectivity index (χ0v) is 10.2. The first-order valence-corrected chi connectivity index (χ1v) is 5.68. The van der Waals surface area contributed by atoms with Crippen molar-refractivity contribution in [3.8, 4) is 0 Å². The summed E-state index contributed by atoms with van der Waals surface area (Å²) in [7, 11) is 1.70. The van der Waals surface area contributed by atoms with Crippen molar-refractivity contribution < 1.29 is 4.79 Å². The molecule has 4 heteroatoms. The van der Waals surface area contributed by atoms with Gasteiger partial charge in [-0.2, -0.15) is 0 Å². The summed E-state index contributed by atoms with van der Waals surface area (Å²) in [5.41, 5.74) is 7.50. The van der Waals surface area contributed by atoms with E-state index in [0.717, 1.165) is 11.3 Å². The van der Waals surface area contributed by atoms with E-state index in [2.05, 4.69) is 4.98 Å². The Bertz CT molecular complexity index is 466. The van der Waals surface area contributed by atoms with Crippen LogP contribution in [0.5, 0.6) is 0 Å². The number of amides is 1. The van der Waals surface area contributed by atoms with Crippen molar-refractivity contribution in [1.29, 1.82) is 0 Å². The Morgan fingerprint density at radius 1 is 1.22 bits per heavy atom. The number of likely N-dealkylation sites (N-methyl/N-ethyl adjacent to an activating group) is 1. The second-order valence-electron chi connectivity index (χ2n) is 4.00. The van der Waals surface area contributed by atoms with Crippen molar-refractivity contribution in [2.24, 2.45) is 5.73 Å². The van der Waals surface area contributed by atoms with E-state index >= 15 is 0 Å². The van der Waals surface area contributed by atoms with Crippen molar-refractivity contribution >= 4 is 11.6 Å². The molecule has 0 saturated carbocycles. The molecule has 0 bridgehead atoms. The SMILES string of the molecule is CN(C(=O)C(N)c1ccccc1)c1cccnc1. The number of carbonyl (C=O) groups excluding carboxylic acids is 1. The Hall–Kier alpha value is -2.20. The lowest BCUT2D eigenvalue weighted by Gasteiger charge is -2.21. The van der Waals surface area contributed by atoms with Gasteiger partial charge in [-0.1, -0.05) is 30.3 Å². The van der Waals surface area contributed by atoms with Gasteiger partial charge in [-0.25, -0.2) is 0 Å². The van der Waals surface area contributed by atoms with Crippen LogP contribution in [0.1, 0.15) is 11.6 Å². The van der Waals surface area contributed by atoms with Gasteiger partial charge in [0.05, 0.1) is 11.9 Å². The number of pyridine rings is 1. The van der Waals surface area contributed by atoms with E-state index in [0.29, 0.717) is 0 Å². The van der Waals surface area contributed by atoms with E-state index in [9.17, 15) is 4.79 Å². The van der Waals surface area contributed by atoms with Crippen LogP contribution in [0.15, 0.2) is 54.9 Å². The average molecular weight is 241 g/mol. The summed E-state index contributed by atoms with van der Waals surface area (Å²) in [6, 6.07) is 12.3. The monoisotopic (exact) mass is 241 g/mol. The lowest BCUT2D eigenvalue weighted by Crippen LogP contribution is -2.35. The Morgan fingerprint density at radius 3 is 2.56 bits per heavy atom. The van der Waals surface area contributed by atoms with Crippen molar-refractivity contribution in [1.82, 2.24) is 4.98 Å². The number of aromatic nitrogens is 1. The van der Waals surface area contributed by atoms with E-state index < -0.39 is 6.04 Å². The summed E-state index contributed by atoms with van der Waals surface area (Å²) >= 11 is 0. The molecule has 1 heterocycles. The third kappa shape index (κ3) is 2.55. The maximum absolute atomic E-state index is 12.2. The summed E-state index contributed by atoms with van der Waals surface area (Å²) < 4.78 is 0. The zero-order valence-electron chi connectivity index (χ0n) is 10.2. The number of benzene rings is 1. The minimum atomic E-state index is -0.656. The molecule has 1 aromatic carbocycles. The Labute approximate surface area is 106 Å². The molecule has 0 radical (unpaired) electrons. The van der Waals surface area contributed by atoms with E-state index in [1.54, 1.807) is 25.5 Å². The summed E-state index contributed by atoms with van der Waals surface area (Å²) in [4.78, 5) is 17.7. The summed E-state index contributed by atoms with van der Waals surface area (Å²) in [6.45, 7) is 0. The molecule has 1 amide bonds. The van der Waals surface area contributed by atoms with Crippen LogP contribution in [-0.2, 0) is 4.79 Å². The van der Waals surface area contributed by atoms with Gasteiger partial charge in [-0.15, -0.1) is 0 Å². The number of nitrogens with two attached hydrogens (primary N) is 1. The molecule has 0 spiro atoms. The molecule has 1 unspecified atom stereocenters. The lowest BCUT2D eigenvalue weighted by atomic mass is 10.1. The van der Waals surface area contributed by atoms with Crippen LogP contribution >= 0.6 is 0 Å². The zero-order chi connectivity index (χ0) is 13.0.